The highest BCUT2D eigenvalue weighted by molar-refractivity contribution is 5.80. The largest absolute Gasteiger partial charge is 0.385 e. The van der Waals surface area contributed by atoms with Crippen molar-refractivity contribution in [3.63, 3.8) is 0 Å². The fraction of sp³-hybridized carbons (Fsp3) is 0.750. The third-order valence-corrected chi connectivity index (χ3v) is 2.84. The van der Waals surface area contributed by atoms with E-state index in [9.17, 15) is 4.79 Å². The molecule has 0 aliphatic carbocycles. The van der Waals surface area contributed by atoms with E-state index in [2.05, 4.69) is 5.92 Å². The Morgan fingerprint density at radius 2 is 1.75 bits per heavy atom. The summed E-state index contributed by atoms with van der Waals surface area (Å²) in [6, 6.07) is 0. The van der Waals surface area contributed by atoms with E-state index in [4.69, 9.17) is 21.6 Å². The number of primary amides is 1. The number of terminal acetylenes is 1. The molecule has 0 unspecified atom stereocenters. The van der Waals surface area contributed by atoms with Crippen molar-refractivity contribution in [3.8, 4) is 12.3 Å². The summed E-state index contributed by atoms with van der Waals surface area (Å²) in [7, 11) is 3.20. The van der Waals surface area contributed by atoms with Crippen molar-refractivity contribution in [1.82, 2.24) is 0 Å². The molecule has 0 radical (unpaired) electrons. The minimum absolute atomic E-state index is 0.322. The first-order chi connectivity index (χ1) is 7.63. The van der Waals surface area contributed by atoms with Gasteiger partial charge in [0.25, 0.3) is 0 Å². The summed E-state index contributed by atoms with van der Waals surface area (Å²) in [5.41, 5.74) is 4.88. The molecule has 0 saturated carbocycles. The summed E-state index contributed by atoms with van der Waals surface area (Å²) < 4.78 is 10.0. The van der Waals surface area contributed by atoms with Crippen LogP contribution in [0, 0.1) is 17.8 Å². The Labute approximate surface area is 97.5 Å². The predicted molar refractivity (Wildman–Crippen MR) is 62.7 cm³/mol. The number of ether oxygens (including phenoxy) is 2. The predicted octanol–water partition coefficient (Wildman–Crippen LogP) is 0.944. The Kier molecular flexibility index (Phi) is 7.61. The van der Waals surface area contributed by atoms with E-state index in [0.717, 1.165) is 0 Å². The molecule has 0 aliphatic heterocycles. The summed E-state index contributed by atoms with van der Waals surface area (Å²) >= 11 is 0. The Balaban J connectivity index is 4.60. The highest BCUT2D eigenvalue weighted by Crippen LogP contribution is 2.32. The quantitative estimate of drug-likeness (QED) is 0.596. The second-order valence-electron chi connectivity index (χ2n) is 3.83. The summed E-state index contributed by atoms with van der Waals surface area (Å²) in [5.74, 6) is 2.22. The van der Waals surface area contributed by atoms with Gasteiger partial charge in [-0.3, -0.25) is 4.79 Å². The maximum atomic E-state index is 11.6. The van der Waals surface area contributed by atoms with Gasteiger partial charge in [-0.1, -0.05) is 0 Å². The second-order valence-corrected chi connectivity index (χ2v) is 3.83. The van der Waals surface area contributed by atoms with Gasteiger partial charge in [0, 0.05) is 33.9 Å². The molecule has 0 aromatic heterocycles. The van der Waals surface area contributed by atoms with Gasteiger partial charge < -0.3 is 15.2 Å². The van der Waals surface area contributed by atoms with Gasteiger partial charge in [0.05, 0.1) is 5.41 Å². The molecule has 0 aromatic carbocycles. The summed E-state index contributed by atoms with van der Waals surface area (Å²) in [4.78, 5) is 11.6. The molecule has 2 N–H and O–H groups in total. The fourth-order valence-electron chi connectivity index (χ4n) is 1.65. The lowest BCUT2D eigenvalue weighted by Crippen LogP contribution is -2.39. The zero-order valence-electron chi connectivity index (χ0n) is 10.1. The average Bonchev–Trinajstić information content (AvgIpc) is 2.28. The molecule has 0 spiro atoms. The molecule has 0 aliphatic rings. The molecule has 4 heteroatoms. The summed E-state index contributed by atoms with van der Waals surface area (Å²) in [5, 5.41) is 0. The van der Waals surface area contributed by atoms with Crippen LogP contribution in [0.25, 0.3) is 0 Å². The molecule has 0 bridgehead atoms. The van der Waals surface area contributed by atoms with E-state index in [0.29, 0.717) is 38.9 Å². The molecular weight excluding hydrogens is 206 g/mol. The molecule has 1 amide bonds. The van der Waals surface area contributed by atoms with E-state index in [1.165, 1.54) is 0 Å². The molecular formula is C12H21NO3. The number of carbonyl (C=O) groups excluding carboxylic acids is 1. The van der Waals surface area contributed by atoms with Gasteiger partial charge in [-0.25, -0.2) is 0 Å². The first-order valence-electron chi connectivity index (χ1n) is 5.34. The van der Waals surface area contributed by atoms with Crippen molar-refractivity contribution in [3.05, 3.63) is 0 Å². The molecule has 0 fully saturated rings. The first kappa shape index (κ1) is 14.9. The Morgan fingerprint density at radius 1 is 1.25 bits per heavy atom. The van der Waals surface area contributed by atoms with Crippen molar-refractivity contribution in [2.75, 3.05) is 27.4 Å². The SMILES string of the molecule is C#CCCC(CCOC)(CCOC)C(N)=O. The second kappa shape index (κ2) is 8.14. The van der Waals surface area contributed by atoms with Crippen molar-refractivity contribution < 1.29 is 14.3 Å². The molecule has 0 rings (SSSR count). The van der Waals surface area contributed by atoms with Crippen molar-refractivity contribution in [2.24, 2.45) is 11.1 Å². The van der Waals surface area contributed by atoms with Gasteiger partial charge in [0.2, 0.25) is 5.91 Å². The van der Waals surface area contributed by atoms with E-state index < -0.39 is 5.41 Å². The molecule has 0 aromatic rings. The normalized spacial score (nSPS) is 11.1. The van der Waals surface area contributed by atoms with Gasteiger partial charge in [0.15, 0.2) is 0 Å². The van der Waals surface area contributed by atoms with Crippen molar-refractivity contribution >= 4 is 5.91 Å². The van der Waals surface area contributed by atoms with Crippen LogP contribution in [0.1, 0.15) is 25.7 Å². The standard InChI is InChI=1S/C12H21NO3/c1-4-5-6-12(11(13)14,7-9-15-2)8-10-16-3/h1H,5-10H2,2-3H3,(H2,13,14). The molecule has 0 atom stereocenters. The highest BCUT2D eigenvalue weighted by atomic mass is 16.5. The monoisotopic (exact) mass is 227 g/mol. The van der Waals surface area contributed by atoms with E-state index >= 15 is 0 Å². The molecule has 16 heavy (non-hydrogen) atoms. The Morgan fingerprint density at radius 3 is 2.06 bits per heavy atom. The van der Waals surface area contributed by atoms with E-state index in [1.807, 2.05) is 0 Å². The van der Waals surface area contributed by atoms with Gasteiger partial charge in [-0.2, -0.15) is 0 Å². The fourth-order valence-corrected chi connectivity index (χ4v) is 1.65. The molecule has 4 nitrogen and oxygen atoms in total. The summed E-state index contributed by atoms with van der Waals surface area (Å²) in [6.07, 6.45) is 7.53. The van der Waals surface area contributed by atoms with E-state index in [-0.39, 0.29) is 5.91 Å². The van der Waals surface area contributed by atoms with Gasteiger partial charge in [-0.15, -0.1) is 12.3 Å². The molecule has 0 heterocycles. The third-order valence-electron chi connectivity index (χ3n) is 2.84. The van der Waals surface area contributed by atoms with Crippen LogP contribution in [-0.4, -0.2) is 33.3 Å². The minimum atomic E-state index is -0.599. The number of hydrogen-bond donors (Lipinski definition) is 1. The Hall–Kier alpha value is -1.05. The third kappa shape index (κ3) is 4.65. The lowest BCUT2D eigenvalue weighted by atomic mass is 9.77. The van der Waals surface area contributed by atoms with Crippen LogP contribution in [0.15, 0.2) is 0 Å². The average molecular weight is 227 g/mol. The first-order valence-corrected chi connectivity index (χ1v) is 5.34. The topological polar surface area (TPSA) is 61.6 Å². The minimum Gasteiger partial charge on any atom is -0.385 e. The maximum absolute atomic E-state index is 11.6. The van der Waals surface area contributed by atoms with E-state index in [1.54, 1.807) is 14.2 Å². The van der Waals surface area contributed by atoms with Crippen LogP contribution in [-0.2, 0) is 14.3 Å². The van der Waals surface area contributed by atoms with Crippen LogP contribution in [0.2, 0.25) is 0 Å². The van der Waals surface area contributed by atoms with Gasteiger partial charge in [-0.05, 0) is 19.3 Å². The summed E-state index contributed by atoms with van der Waals surface area (Å²) in [6.45, 7) is 0.994. The Bertz CT molecular complexity index is 237. The van der Waals surface area contributed by atoms with Crippen molar-refractivity contribution in [2.45, 2.75) is 25.7 Å². The smallest absolute Gasteiger partial charge is 0.223 e. The lowest BCUT2D eigenvalue weighted by molar-refractivity contribution is -0.130. The van der Waals surface area contributed by atoms with Crippen LogP contribution in [0.3, 0.4) is 0 Å². The number of methoxy groups -OCH3 is 2. The van der Waals surface area contributed by atoms with Crippen LogP contribution < -0.4 is 5.73 Å². The number of carbonyl (C=O) groups is 1. The number of hydrogen-bond acceptors (Lipinski definition) is 3. The molecule has 0 saturated heterocycles. The maximum Gasteiger partial charge on any atom is 0.223 e. The number of amides is 1. The van der Waals surface area contributed by atoms with Gasteiger partial charge >= 0.3 is 0 Å². The van der Waals surface area contributed by atoms with Crippen LogP contribution in [0.4, 0.5) is 0 Å². The highest BCUT2D eigenvalue weighted by Gasteiger charge is 2.35. The number of rotatable bonds is 9. The lowest BCUT2D eigenvalue weighted by Gasteiger charge is -2.29. The zero-order valence-corrected chi connectivity index (χ0v) is 10.1. The molecule has 92 valence electrons. The van der Waals surface area contributed by atoms with Gasteiger partial charge in [0.1, 0.15) is 0 Å². The number of nitrogens with two attached hydrogens (primary N) is 1. The van der Waals surface area contributed by atoms with Crippen LogP contribution in [0.5, 0.6) is 0 Å². The van der Waals surface area contributed by atoms with Crippen LogP contribution >= 0.6 is 0 Å². The zero-order chi connectivity index (χ0) is 12.4. The van der Waals surface area contributed by atoms with Crippen molar-refractivity contribution in [1.29, 1.82) is 0 Å².